The number of nitrogens with zero attached hydrogens (tertiary/aromatic N) is 3. The van der Waals surface area contributed by atoms with E-state index in [0.29, 0.717) is 0 Å². The van der Waals surface area contributed by atoms with Crippen LogP contribution in [0.1, 0.15) is 50.8 Å². The molecule has 2 aromatic rings. The van der Waals surface area contributed by atoms with Crippen molar-refractivity contribution < 1.29 is 13.2 Å². The Labute approximate surface area is 230 Å². The molecule has 2 aromatic carbocycles. The molecule has 1 fully saturated rings. The van der Waals surface area contributed by atoms with Crippen LogP contribution in [0.15, 0.2) is 101 Å². The number of hydrogen-bond donors (Lipinski definition) is 1. The van der Waals surface area contributed by atoms with Gasteiger partial charge in [-0.25, -0.2) is 5.01 Å². The summed E-state index contributed by atoms with van der Waals surface area (Å²) in [5.41, 5.74) is 3.14. The number of hydrogen-bond acceptors (Lipinski definition) is 4. The fourth-order valence-electron chi connectivity index (χ4n) is 5.62. The first kappa shape index (κ1) is 26.7. The van der Waals surface area contributed by atoms with Crippen LogP contribution < -0.4 is 5.32 Å². The molecule has 38 heavy (non-hydrogen) atoms. The minimum absolute atomic E-state index is 0.0167. The normalized spacial score (nSPS) is 28.5. The smallest absolute Gasteiger partial charge is 0.361 e. The van der Waals surface area contributed by atoms with Crippen molar-refractivity contribution in [3.63, 3.8) is 0 Å². The van der Waals surface area contributed by atoms with E-state index in [0.717, 1.165) is 41.2 Å². The number of benzene rings is 2. The van der Waals surface area contributed by atoms with Gasteiger partial charge >= 0.3 is 6.18 Å². The van der Waals surface area contributed by atoms with Gasteiger partial charge in [-0.15, -0.1) is 0 Å². The van der Waals surface area contributed by atoms with Crippen LogP contribution in [-0.4, -0.2) is 21.9 Å². The number of nitrogens with one attached hydrogen (secondary N) is 1. The van der Waals surface area contributed by atoms with Gasteiger partial charge in [0.05, 0.1) is 16.1 Å². The summed E-state index contributed by atoms with van der Waals surface area (Å²) in [7, 11) is 0. The first-order valence-corrected chi connectivity index (χ1v) is 13.6. The van der Waals surface area contributed by atoms with Gasteiger partial charge in [0.2, 0.25) is 0 Å². The van der Waals surface area contributed by atoms with Crippen molar-refractivity contribution in [1.82, 2.24) is 10.3 Å². The van der Waals surface area contributed by atoms with Gasteiger partial charge in [0, 0.05) is 29.3 Å². The number of fused-ring (bicyclic) bond motifs is 1. The van der Waals surface area contributed by atoms with Gasteiger partial charge in [0.1, 0.15) is 5.54 Å². The molecule has 0 amide bonds. The Morgan fingerprint density at radius 3 is 2.29 bits per heavy atom. The summed E-state index contributed by atoms with van der Waals surface area (Å²) >= 11 is 3.87. The van der Waals surface area contributed by atoms with E-state index in [1.165, 1.54) is 12.1 Å². The lowest BCUT2D eigenvalue weighted by atomic mass is 9.84. The predicted molar refractivity (Wildman–Crippen MR) is 147 cm³/mol. The van der Waals surface area contributed by atoms with E-state index in [1.807, 2.05) is 41.4 Å². The van der Waals surface area contributed by atoms with E-state index < -0.39 is 22.7 Å². The molecule has 0 saturated heterocycles. The lowest BCUT2D eigenvalue weighted by Crippen LogP contribution is -2.44. The van der Waals surface area contributed by atoms with Gasteiger partial charge in [-0.1, -0.05) is 91.0 Å². The van der Waals surface area contributed by atoms with Crippen LogP contribution in [0.2, 0.25) is 0 Å². The molecule has 200 valence electrons. The second-order valence-corrected chi connectivity index (χ2v) is 12.7. The average molecular weight is 586 g/mol. The zero-order valence-corrected chi connectivity index (χ0v) is 23.6. The Morgan fingerprint density at radius 2 is 1.68 bits per heavy atom. The molecule has 3 aliphatic rings. The van der Waals surface area contributed by atoms with Crippen molar-refractivity contribution >= 4 is 15.9 Å². The van der Waals surface area contributed by atoms with E-state index >= 15 is 0 Å². The van der Waals surface area contributed by atoms with Gasteiger partial charge in [-0.05, 0) is 54.2 Å². The number of alkyl halides is 4. The third kappa shape index (κ3) is 4.61. The van der Waals surface area contributed by atoms with Gasteiger partial charge in [0.15, 0.2) is 0 Å². The lowest BCUT2D eigenvalue weighted by Gasteiger charge is -2.36. The molecular weight excluding hydrogens is 553 g/mol. The molecule has 8 heteroatoms. The fraction of sp³-hybridized carbons (Fsp3) is 0.400. The van der Waals surface area contributed by atoms with E-state index in [9.17, 15) is 13.2 Å². The SMILES string of the molecule is C=C(NC1=CC=C2N(CC(C)(C)C)N=NC2(C)C1Br)[C@H]1C[C@]1(c1ccccc1)c1ccc(C(F)(F)F)cc1. The molecule has 0 bridgehead atoms. The topological polar surface area (TPSA) is 40.0 Å². The second-order valence-electron chi connectivity index (χ2n) is 11.8. The van der Waals surface area contributed by atoms with Crippen molar-refractivity contribution in [2.75, 3.05) is 6.54 Å². The summed E-state index contributed by atoms with van der Waals surface area (Å²) in [6.45, 7) is 13.7. The molecule has 1 saturated carbocycles. The van der Waals surface area contributed by atoms with Crippen LogP contribution >= 0.6 is 15.9 Å². The van der Waals surface area contributed by atoms with Gasteiger partial charge in [0.25, 0.3) is 0 Å². The molecule has 2 aliphatic carbocycles. The molecule has 4 nitrogen and oxygen atoms in total. The summed E-state index contributed by atoms with van der Waals surface area (Å²) < 4.78 is 39.7. The second kappa shape index (κ2) is 9.11. The first-order valence-electron chi connectivity index (χ1n) is 12.7. The molecule has 1 aliphatic heterocycles. The van der Waals surface area contributed by atoms with Crippen molar-refractivity contribution in [1.29, 1.82) is 0 Å². The highest BCUT2D eigenvalue weighted by molar-refractivity contribution is 9.09. The highest BCUT2D eigenvalue weighted by atomic mass is 79.9. The number of halogens is 4. The standard InChI is InChI=1S/C30H32BrF3N4/c1-19(35-24-15-16-25-28(5,26(24)31)36-37-38(25)18-27(2,3)4)23-17-29(23,20-9-7-6-8-10-20)21-11-13-22(14-12-21)30(32,33)34/h6-16,23,26,35H,1,17-18H2,2-5H3/t23-,26?,28?,29+/m1/s1. The molecule has 0 radical (unpaired) electrons. The molecule has 1 heterocycles. The van der Waals surface area contributed by atoms with Gasteiger partial charge in [-0.3, -0.25) is 0 Å². The molecule has 5 rings (SSSR count). The van der Waals surface area contributed by atoms with Crippen LogP contribution in [0.3, 0.4) is 0 Å². The Balaban J connectivity index is 1.41. The Bertz CT molecular complexity index is 1320. The largest absolute Gasteiger partial charge is 0.416 e. The predicted octanol–water partition coefficient (Wildman–Crippen LogP) is 8.15. The maximum absolute atomic E-state index is 13.2. The van der Waals surface area contributed by atoms with Crippen LogP contribution in [0.5, 0.6) is 0 Å². The average Bonchev–Trinajstić information content (AvgIpc) is 3.54. The highest BCUT2D eigenvalue weighted by Gasteiger charge is 2.58. The summed E-state index contributed by atoms with van der Waals surface area (Å²) in [5.74, 6) is 0.0167. The van der Waals surface area contributed by atoms with Crippen molar-refractivity contribution in [3.05, 3.63) is 107 Å². The van der Waals surface area contributed by atoms with Crippen molar-refractivity contribution in [2.24, 2.45) is 21.7 Å². The van der Waals surface area contributed by atoms with Crippen molar-refractivity contribution in [3.8, 4) is 0 Å². The van der Waals surface area contributed by atoms with Crippen LogP contribution in [-0.2, 0) is 11.6 Å². The molecule has 2 unspecified atom stereocenters. The monoisotopic (exact) mass is 584 g/mol. The fourth-order valence-corrected chi connectivity index (χ4v) is 6.22. The maximum atomic E-state index is 13.2. The van der Waals surface area contributed by atoms with Crippen LogP contribution in [0.4, 0.5) is 13.2 Å². The summed E-state index contributed by atoms with van der Waals surface area (Å²) in [6.07, 6.45) is 0.490. The first-order chi connectivity index (χ1) is 17.8. The van der Waals surface area contributed by atoms with Gasteiger partial charge < -0.3 is 5.32 Å². The quantitative estimate of drug-likeness (QED) is 0.348. The number of rotatable bonds is 6. The molecule has 1 N–H and O–H groups in total. The molecule has 4 atom stereocenters. The van der Waals surface area contributed by atoms with E-state index in [4.69, 9.17) is 0 Å². The molecule has 0 aromatic heterocycles. The third-order valence-electron chi connectivity index (χ3n) is 7.67. The summed E-state index contributed by atoms with van der Waals surface area (Å²) in [4.78, 5) is -0.142. The Hall–Kier alpha value is -2.87. The minimum Gasteiger partial charge on any atom is -0.361 e. The lowest BCUT2D eigenvalue weighted by molar-refractivity contribution is -0.137. The summed E-state index contributed by atoms with van der Waals surface area (Å²) in [6, 6.07) is 15.5. The zero-order chi connectivity index (χ0) is 27.5. The number of allylic oxidation sites excluding steroid dienone is 3. The third-order valence-corrected chi connectivity index (χ3v) is 9.06. The van der Waals surface area contributed by atoms with Gasteiger partial charge in [-0.2, -0.15) is 18.3 Å². The maximum Gasteiger partial charge on any atom is 0.416 e. The van der Waals surface area contributed by atoms with E-state index in [-0.39, 0.29) is 16.2 Å². The minimum atomic E-state index is -4.37. The van der Waals surface area contributed by atoms with Crippen LogP contribution in [0, 0.1) is 11.3 Å². The molecule has 0 spiro atoms. The van der Waals surface area contributed by atoms with E-state index in [2.05, 4.69) is 71.9 Å². The van der Waals surface area contributed by atoms with Crippen molar-refractivity contribution in [2.45, 2.75) is 56.1 Å². The Kier molecular flexibility index (Phi) is 6.41. The highest BCUT2D eigenvalue weighted by Crippen LogP contribution is 2.61. The summed E-state index contributed by atoms with van der Waals surface area (Å²) in [5, 5.41) is 14.6. The molecular formula is C30H32BrF3N4. The van der Waals surface area contributed by atoms with Crippen LogP contribution in [0.25, 0.3) is 0 Å². The Morgan fingerprint density at radius 1 is 1.05 bits per heavy atom. The van der Waals surface area contributed by atoms with E-state index in [1.54, 1.807) is 12.1 Å². The zero-order valence-electron chi connectivity index (χ0n) is 22.0.